The van der Waals surface area contributed by atoms with Crippen molar-refractivity contribution in [3.63, 3.8) is 0 Å². The van der Waals surface area contributed by atoms with Gasteiger partial charge >= 0.3 is 5.97 Å². The fourth-order valence-corrected chi connectivity index (χ4v) is 2.90. The molecule has 0 saturated heterocycles. The van der Waals surface area contributed by atoms with Gasteiger partial charge in [0.25, 0.3) is 5.91 Å². The summed E-state index contributed by atoms with van der Waals surface area (Å²) in [6, 6.07) is 16.9. The van der Waals surface area contributed by atoms with Crippen molar-refractivity contribution < 1.29 is 18.5 Å². The smallest absolute Gasteiger partial charge is 0.339 e. The average molecular weight is 356 g/mol. The Morgan fingerprint density at radius 3 is 2.40 bits per heavy atom. The predicted octanol–water partition coefficient (Wildman–Crippen LogP) is 2.14. The molecule has 0 unspecified atom stereocenters. The van der Waals surface area contributed by atoms with Gasteiger partial charge in [0, 0.05) is 11.9 Å². The number of carbonyl (C=O) groups is 2. The minimum absolute atomic E-state index is 0.155. The Bertz CT molecular complexity index is 830. The molecule has 6 nitrogen and oxygen atoms in total. The van der Waals surface area contributed by atoms with Crippen LogP contribution in [0.2, 0.25) is 0 Å². The number of esters is 1. The van der Waals surface area contributed by atoms with E-state index in [0.29, 0.717) is 10.6 Å². The Kier molecular flexibility index (Phi) is 6.43. The summed E-state index contributed by atoms with van der Waals surface area (Å²) in [5.74, 6) is -1.25. The molecule has 0 saturated carbocycles. The van der Waals surface area contributed by atoms with E-state index in [1.165, 1.54) is 17.2 Å². The number of nitriles is 1. The molecule has 0 spiro atoms. The molecule has 0 N–H and O–H groups in total. The molecule has 2 aromatic rings. The van der Waals surface area contributed by atoms with E-state index in [4.69, 9.17) is 10.00 Å². The summed E-state index contributed by atoms with van der Waals surface area (Å²) in [6.07, 6.45) is 1.46. The maximum atomic E-state index is 12.3. The second-order valence-electron chi connectivity index (χ2n) is 5.00. The minimum atomic E-state index is -1.36. The number of rotatable bonds is 6. The van der Waals surface area contributed by atoms with Gasteiger partial charge in [-0.3, -0.25) is 13.9 Å². The fraction of sp³-hybridized carbons (Fsp3) is 0.167. The summed E-state index contributed by atoms with van der Waals surface area (Å²) in [4.78, 5) is 26.1. The number of anilines is 1. The van der Waals surface area contributed by atoms with Crippen LogP contribution in [0, 0.1) is 11.3 Å². The quantitative estimate of drug-likeness (QED) is 0.584. The predicted molar refractivity (Wildman–Crippen MR) is 93.5 cm³/mol. The van der Waals surface area contributed by atoms with Gasteiger partial charge in [0.05, 0.1) is 27.3 Å². The van der Waals surface area contributed by atoms with Crippen LogP contribution in [0.25, 0.3) is 0 Å². The molecule has 0 aliphatic rings. The van der Waals surface area contributed by atoms with Gasteiger partial charge < -0.3 is 4.74 Å². The summed E-state index contributed by atoms with van der Waals surface area (Å²) in [5.41, 5.74) is 0.697. The Balaban J connectivity index is 2.09. The summed E-state index contributed by atoms with van der Waals surface area (Å²) < 4.78 is 16.7. The third-order valence-electron chi connectivity index (χ3n) is 3.34. The Labute approximate surface area is 148 Å². The minimum Gasteiger partial charge on any atom is -0.452 e. The van der Waals surface area contributed by atoms with E-state index in [2.05, 4.69) is 0 Å². The zero-order valence-corrected chi connectivity index (χ0v) is 14.4. The number of para-hydroxylation sites is 1. The van der Waals surface area contributed by atoms with Gasteiger partial charge in [-0.1, -0.05) is 30.3 Å². The van der Waals surface area contributed by atoms with Crippen molar-refractivity contribution >= 4 is 28.4 Å². The van der Waals surface area contributed by atoms with Crippen LogP contribution >= 0.6 is 0 Å². The van der Waals surface area contributed by atoms with E-state index in [9.17, 15) is 13.8 Å². The molecule has 0 aromatic heterocycles. The van der Waals surface area contributed by atoms with Crippen molar-refractivity contribution in [2.24, 2.45) is 0 Å². The Morgan fingerprint density at radius 1 is 1.12 bits per heavy atom. The largest absolute Gasteiger partial charge is 0.452 e. The molecule has 0 fully saturated rings. The van der Waals surface area contributed by atoms with Gasteiger partial charge in [0.1, 0.15) is 6.54 Å². The first-order valence-electron chi connectivity index (χ1n) is 7.36. The maximum Gasteiger partial charge on any atom is 0.339 e. The second-order valence-corrected chi connectivity index (χ2v) is 6.35. The van der Waals surface area contributed by atoms with E-state index in [1.807, 2.05) is 6.07 Å². The fourth-order valence-electron chi connectivity index (χ4n) is 2.17. The molecule has 0 aliphatic carbocycles. The topological polar surface area (TPSA) is 87.5 Å². The van der Waals surface area contributed by atoms with Crippen LogP contribution in [0.15, 0.2) is 59.5 Å². The summed E-state index contributed by atoms with van der Waals surface area (Å²) >= 11 is 0. The molecule has 2 rings (SSSR count). The second kappa shape index (κ2) is 8.76. The van der Waals surface area contributed by atoms with Gasteiger partial charge in [0.15, 0.2) is 6.61 Å². The van der Waals surface area contributed by atoms with Crippen LogP contribution in [-0.2, 0) is 20.3 Å². The molecule has 25 heavy (non-hydrogen) atoms. The number of hydrogen-bond donors (Lipinski definition) is 0. The lowest BCUT2D eigenvalue weighted by Gasteiger charge is -2.19. The number of hydrogen-bond acceptors (Lipinski definition) is 5. The molecule has 0 radical (unpaired) electrons. The highest BCUT2D eigenvalue weighted by molar-refractivity contribution is 7.84. The third-order valence-corrected chi connectivity index (χ3v) is 4.32. The van der Waals surface area contributed by atoms with Crippen LogP contribution in [0.1, 0.15) is 10.4 Å². The molecule has 7 heteroatoms. The van der Waals surface area contributed by atoms with E-state index >= 15 is 0 Å². The molecular formula is C18H16N2O4S. The van der Waals surface area contributed by atoms with E-state index < -0.39 is 29.3 Å². The summed E-state index contributed by atoms with van der Waals surface area (Å²) in [6.45, 7) is -0.671. The number of nitrogens with zero attached hydrogens (tertiary/aromatic N) is 2. The highest BCUT2D eigenvalue weighted by atomic mass is 32.2. The number of benzene rings is 2. The molecule has 0 aliphatic heterocycles. The van der Waals surface area contributed by atoms with Gasteiger partial charge in [-0.2, -0.15) is 5.26 Å². The first-order valence-corrected chi connectivity index (χ1v) is 8.92. The zero-order valence-electron chi connectivity index (χ0n) is 13.5. The maximum absolute atomic E-state index is 12.3. The lowest BCUT2D eigenvalue weighted by atomic mass is 10.2. The molecular weight excluding hydrogens is 340 g/mol. The van der Waals surface area contributed by atoms with E-state index in [1.54, 1.807) is 48.5 Å². The normalized spacial score (nSPS) is 11.2. The lowest BCUT2D eigenvalue weighted by molar-refractivity contribution is -0.121. The molecule has 2 aromatic carbocycles. The Hall–Kier alpha value is -2.98. The first kappa shape index (κ1) is 18.4. The summed E-state index contributed by atoms with van der Waals surface area (Å²) in [5, 5.41) is 8.91. The highest BCUT2D eigenvalue weighted by Crippen LogP contribution is 2.15. The first-order chi connectivity index (χ1) is 12.0. The summed E-state index contributed by atoms with van der Waals surface area (Å²) in [7, 11) is -1.36. The molecule has 1 amide bonds. The van der Waals surface area contributed by atoms with Crippen LogP contribution < -0.4 is 4.90 Å². The highest BCUT2D eigenvalue weighted by Gasteiger charge is 2.20. The van der Waals surface area contributed by atoms with Crippen molar-refractivity contribution in [1.82, 2.24) is 0 Å². The van der Waals surface area contributed by atoms with Crippen molar-refractivity contribution in [3.05, 3.63) is 60.2 Å². The molecule has 0 bridgehead atoms. The van der Waals surface area contributed by atoms with Crippen LogP contribution in [-0.4, -0.2) is 35.5 Å². The number of ether oxygens (including phenoxy) is 1. The van der Waals surface area contributed by atoms with Gasteiger partial charge in [0.2, 0.25) is 0 Å². The number of carbonyl (C=O) groups excluding carboxylic acids is 2. The van der Waals surface area contributed by atoms with Crippen LogP contribution in [0.4, 0.5) is 5.69 Å². The average Bonchev–Trinajstić information content (AvgIpc) is 2.64. The standard InChI is InChI=1S/C18H16N2O4S/c1-25(23)16-10-6-5-9-15(16)18(22)24-13-17(21)20(12-11-19)14-7-3-2-4-8-14/h2-10H,12-13H2,1H3/t25-/m0/s1. The van der Waals surface area contributed by atoms with Crippen LogP contribution in [0.3, 0.4) is 0 Å². The van der Waals surface area contributed by atoms with Gasteiger partial charge in [-0.25, -0.2) is 4.79 Å². The van der Waals surface area contributed by atoms with E-state index in [-0.39, 0.29) is 12.1 Å². The van der Waals surface area contributed by atoms with E-state index in [0.717, 1.165) is 0 Å². The molecule has 0 heterocycles. The van der Waals surface area contributed by atoms with Gasteiger partial charge in [-0.15, -0.1) is 0 Å². The molecule has 1 atom stereocenters. The monoisotopic (exact) mass is 356 g/mol. The third kappa shape index (κ3) is 4.75. The number of amides is 1. The lowest BCUT2D eigenvalue weighted by Crippen LogP contribution is -2.35. The Morgan fingerprint density at radius 2 is 1.76 bits per heavy atom. The van der Waals surface area contributed by atoms with Crippen molar-refractivity contribution in [2.75, 3.05) is 24.3 Å². The molecule has 128 valence electrons. The van der Waals surface area contributed by atoms with Crippen molar-refractivity contribution in [1.29, 1.82) is 5.26 Å². The van der Waals surface area contributed by atoms with Crippen LogP contribution in [0.5, 0.6) is 0 Å². The van der Waals surface area contributed by atoms with Crippen molar-refractivity contribution in [2.45, 2.75) is 4.90 Å². The SMILES string of the molecule is C[S@](=O)c1ccccc1C(=O)OCC(=O)N(CC#N)c1ccccc1. The van der Waals surface area contributed by atoms with Gasteiger partial charge in [-0.05, 0) is 24.3 Å². The van der Waals surface area contributed by atoms with Crippen molar-refractivity contribution in [3.8, 4) is 6.07 Å². The zero-order chi connectivity index (χ0) is 18.2.